The van der Waals surface area contributed by atoms with E-state index in [1.54, 1.807) is 0 Å². The van der Waals surface area contributed by atoms with Gasteiger partial charge in [-0.15, -0.1) is 0 Å². The summed E-state index contributed by atoms with van der Waals surface area (Å²) in [7, 11) is 0. The quantitative estimate of drug-likeness (QED) is 0.738. The number of halogens is 1. The Bertz CT molecular complexity index is 539. The maximum absolute atomic E-state index is 5.96. The van der Waals surface area contributed by atoms with Crippen LogP contribution in [0.3, 0.4) is 0 Å². The molecule has 0 atom stereocenters. The first-order valence-electron chi connectivity index (χ1n) is 5.12. The maximum atomic E-state index is 5.96. The number of benzene rings is 2. The lowest BCUT2D eigenvalue weighted by Gasteiger charge is -2.07. The molecule has 16 heavy (non-hydrogen) atoms. The first-order chi connectivity index (χ1) is 7.83. The third kappa shape index (κ3) is 1.61. The number of ether oxygens (including phenoxy) is 1. The van der Waals surface area contributed by atoms with E-state index in [1.165, 1.54) is 0 Å². The molecular formula is C13H10ClNO. The zero-order chi connectivity index (χ0) is 11.0. The molecule has 0 bridgehead atoms. The summed E-state index contributed by atoms with van der Waals surface area (Å²) in [5.74, 6) is 1.71. The summed E-state index contributed by atoms with van der Waals surface area (Å²) >= 11 is 5.96. The molecule has 0 amide bonds. The van der Waals surface area contributed by atoms with Gasteiger partial charge in [-0.2, -0.15) is 0 Å². The Morgan fingerprint density at radius 2 is 1.94 bits per heavy atom. The van der Waals surface area contributed by atoms with Gasteiger partial charge in [-0.05, 0) is 30.3 Å². The topological polar surface area (TPSA) is 21.3 Å². The number of nitrogens with one attached hydrogen (secondary N) is 1. The average molecular weight is 232 g/mol. The van der Waals surface area contributed by atoms with Crippen LogP contribution in [0.2, 0.25) is 5.02 Å². The molecule has 2 aromatic carbocycles. The van der Waals surface area contributed by atoms with Crippen LogP contribution in [-0.4, -0.2) is 0 Å². The molecular weight excluding hydrogens is 222 g/mol. The third-order valence-electron chi connectivity index (χ3n) is 2.60. The summed E-state index contributed by atoms with van der Waals surface area (Å²) in [6.45, 7) is 0.729. The van der Waals surface area contributed by atoms with Gasteiger partial charge >= 0.3 is 0 Å². The number of rotatable bonds is 0. The first-order valence-corrected chi connectivity index (χ1v) is 5.50. The van der Waals surface area contributed by atoms with Crippen molar-refractivity contribution in [2.45, 2.75) is 6.54 Å². The highest BCUT2D eigenvalue weighted by atomic mass is 35.5. The second-order valence-electron chi connectivity index (χ2n) is 3.70. The van der Waals surface area contributed by atoms with Crippen LogP contribution in [0.1, 0.15) is 5.56 Å². The lowest BCUT2D eigenvalue weighted by molar-refractivity contribution is 0.484. The minimum Gasteiger partial charge on any atom is -0.455 e. The minimum absolute atomic E-state index is 0.729. The summed E-state index contributed by atoms with van der Waals surface area (Å²) in [6.07, 6.45) is 0. The number of anilines is 1. The van der Waals surface area contributed by atoms with E-state index in [0.717, 1.165) is 34.3 Å². The Morgan fingerprint density at radius 1 is 1.06 bits per heavy atom. The van der Waals surface area contributed by atoms with Crippen molar-refractivity contribution in [1.29, 1.82) is 0 Å². The molecule has 0 saturated heterocycles. The monoisotopic (exact) mass is 231 g/mol. The average Bonchev–Trinajstić information content (AvgIpc) is 2.48. The van der Waals surface area contributed by atoms with E-state index in [0.29, 0.717) is 0 Å². The van der Waals surface area contributed by atoms with E-state index >= 15 is 0 Å². The van der Waals surface area contributed by atoms with Crippen LogP contribution in [0.25, 0.3) is 0 Å². The smallest absolute Gasteiger partial charge is 0.150 e. The maximum Gasteiger partial charge on any atom is 0.150 e. The Kier molecular flexibility index (Phi) is 2.22. The zero-order valence-corrected chi connectivity index (χ0v) is 9.29. The van der Waals surface area contributed by atoms with Crippen molar-refractivity contribution in [3.05, 3.63) is 53.1 Å². The number of hydrogen-bond acceptors (Lipinski definition) is 2. The zero-order valence-electron chi connectivity index (χ0n) is 8.53. The normalized spacial score (nSPS) is 12.8. The second-order valence-corrected chi connectivity index (χ2v) is 4.14. The van der Waals surface area contributed by atoms with Crippen molar-refractivity contribution in [2.24, 2.45) is 0 Å². The van der Waals surface area contributed by atoms with Gasteiger partial charge in [0.25, 0.3) is 0 Å². The molecule has 1 aliphatic heterocycles. The number of hydrogen-bond donors (Lipinski definition) is 1. The number of para-hydroxylation sites is 2. The Balaban J connectivity index is 2.08. The molecule has 0 aromatic heterocycles. The lowest BCUT2D eigenvalue weighted by Crippen LogP contribution is -1.96. The molecule has 0 fully saturated rings. The SMILES string of the molecule is Clc1ccc2c(c1)CNc1ccccc1O2. The van der Waals surface area contributed by atoms with Crippen molar-refractivity contribution < 1.29 is 4.74 Å². The standard InChI is InChI=1S/C13H10ClNO/c14-10-5-6-12-9(7-10)8-15-11-3-1-2-4-13(11)16-12/h1-7,15H,8H2. The third-order valence-corrected chi connectivity index (χ3v) is 2.83. The Labute approximate surface area is 98.8 Å². The van der Waals surface area contributed by atoms with Crippen molar-refractivity contribution >= 4 is 17.3 Å². The van der Waals surface area contributed by atoms with Gasteiger partial charge in [0, 0.05) is 17.1 Å². The molecule has 80 valence electrons. The molecule has 0 spiro atoms. The summed E-state index contributed by atoms with van der Waals surface area (Å²) in [5.41, 5.74) is 2.08. The van der Waals surface area contributed by atoms with Crippen molar-refractivity contribution in [3.8, 4) is 11.5 Å². The fraction of sp³-hybridized carbons (Fsp3) is 0.0769. The fourth-order valence-electron chi connectivity index (χ4n) is 1.80. The summed E-state index contributed by atoms with van der Waals surface area (Å²) in [4.78, 5) is 0. The highest BCUT2D eigenvalue weighted by Crippen LogP contribution is 2.36. The largest absolute Gasteiger partial charge is 0.455 e. The van der Waals surface area contributed by atoms with Gasteiger partial charge in [0.05, 0.1) is 5.69 Å². The highest BCUT2D eigenvalue weighted by molar-refractivity contribution is 6.30. The summed E-state index contributed by atoms with van der Waals surface area (Å²) in [5, 5.41) is 4.06. The van der Waals surface area contributed by atoms with Crippen LogP contribution in [0.5, 0.6) is 11.5 Å². The van der Waals surface area contributed by atoms with Crippen LogP contribution < -0.4 is 10.1 Å². The molecule has 0 radical (unpaired) electrons. The molecule has 0 unspecified atom stereocenters. The van der Waals surface area contributed by atoms with Gasteiger partial charge in [0.1, 0.15) is 5.75 Å². The van der Waals surface area contributed by atoms with E-state index in [-0.39, 0.29) is 0 Å². The highest BCUT2D eigenvalue weighted by Gasteiger charge is 2.13. The number of fused-ring (bicyclic) bond motifs is 2. The summed E-state index contributed by atoms with van der Waals surface area (Å²) in [6, 6.07) is 13.6. The fourth-order valence-corrected chi connectivity index (χ4v) is 1.99. The van der Waals surface area contributed by atoms with Crippen molar-refractivity contribution in [2.75, 3.05) is 5.32 Å². The van der Waals surface area contributed by atoms with Crippen LogP contribution in [0.15, 0.2) is 42.5 Å². The molecule has 1 aliphatic rings. The first kappa shape index (κ1) is 9.55. The van der Waals surface area contributed by atoms with Gasteiger partial charge < -0.3 is 10.1 Å². The van der Waals surface area contributed by atoms with Gasteiger partial charge in [-0.25, -0.2) is 0 Å². The predicted octanol–water partition coefficient (Wildman–Crippen LogP) is 4.06. The van der Waals surface area contributed by atoms with Gasteiger partial charge in [0.15, 0.2) is 5.75 Å². The van der Waals surface area contributed by atoms with Crippen LogP contribution in [0, 0.1) is 0 Å². The molecule has 3 heteroatoms. The Morgan fingerprint density at radius 3 is 2.88 bits per heavy atom. The molecule has 1 N–H and O–H groups in total. The minimum atomic E-state index is 0.729. The van der Waals surface area contributed by atoms with Crippen LogP contribution >= 0.6 is 11.6 Å². The van der Waals surface area contributed by atoms with E-state index in [1.807, 2.05) is 42.5 Å². The van der Waals surface area contributed by atoms with E-state index in [4.69, 9.17) is 16.3 Å². The molecule has 0 aliphatic carbocycles. The predicted molar refractivity (Wildman–Crippen MR) is 65.3 cm³/mol. The second kappa shape index (κ2) is 3.72. The molecule has 0 saturated carbocycles. The van der Waals surface area contributed by atoms with Crippen LogP contribution in [0.4, 0.5) is 5.69 Å². The van der Waals surface area contributed by atoms with Gasteiger partial charge in [-0.3, -0.25) is 0 Å². The molecule has 1 heterocycles. The van der Waals surface area contributed by atoms with Crippen molar-refractivity contribution in [3.63, 3.8) is 0 Å². The molecule has 2 aromatic rings. The summed E-state index contributed by atoms with van der Waals surface area (Å²) < 4.78 is 5.84. The van der Waals surface area contributed by atoms with E-state index < -0.39 is 0 Å². The lowest BCUT2D eigenvalue weighted by atomic mass is 10.2. The van der Waals surface area contributed by atoms with E-state index in [2.05, 4.69) is 5.32 Å². The van der Waals surface area contributed by atoms with Crippen molar-refractivity contribution in [1.82, 2.24) is 0 Å². The van der Waals surface area contributed by atoms with Gasteiger partial charge in [-0.1, -0.05) is 23.7 Å². The van der Waals surface area contributed by atoms with E-state index in [9.17, 15) is 0 Å². The molecule has 3 rings (SSSR count). The van der Waals surface area contributed by atoms with Gasteiger partial charge in [0.2, 0.25) is 0 Å². The Hall–Kier alpha value is -1.67. The van der Waals surface area contributed by atoms with Crippen LogP contribution in [-0.2, 0) is 6.54 Å². The molecule has 2 nitrogen and oxygen atoms in total.